The minimum absolute atomic E-state index is 0.176. The summed E-state index contributed by atoms with van der Waals surface area (Å²) in [6.45, 7) is 0.857. The highest BCUT2D eigenvalue weighted by Crippen LogP contribution is 2.29. The summed E-state index contributed by atoms with van der Waals surface area (Å²) in [6, 6.07) is 20.3. The topological polar surface area (TPSA) is 116 Å². The first-order valence-corrected chi connectivity index (χ1v) is 11.8. The number of aromatic amines is 1. The molecule has 1 saturated heterocycles. The number of carbonyl (C=O) groups excluding carboxylic acids is 3. The normalized spacial score (nSPS) is 17.3. The van der Waals surface area contributed by atoms with Crippen molar-refractivity contribution < 1.29 is 19.1 Å². The van der Waals surface area contributed by atoms with Crippen molar-refractivity contribution >= 4 is 34.7 Å². The van der Waals surface area contributed by atoms with Gasteiger partial charge in [-0.1, -0.05) is 30.3 Å². The molecular formula is C27H23N5O4. The number of ether oxygens (including phenoxy) is 1. The van der Waals surface area contributed by atoms with Gasteiger partial charge in [0.2, 0.25) is 17.8 Å². The van der Waals surface area contributed by atoms with Gasteiger partial charge in [-0.2, -0.15) is 0 Å². The molecule has 0 spiro atoms. The highest BCUT2D eigenvalue weighted by atomic mass is 16.5. The smallest absolute Gasteiger partial charge is 0.255 e. The van der Waals surface area contributed by atoms with E-state index < -0.39 is 11.9 Å². The molecule has 0 aliphatic carbocycles. The molecule has 2 aliphatic rings. The van der Waals surface area contributed by atoms with Crippen LogP contribution < -0.4 is 15.4 Å². The quantitative estimate of drug-likeness (QED) is 0.362. The van der Waals surface area contributed by atoms with Crippen molar-refractivity contribution in [2.75, 3.05) is 5.32 Å². The van der Waals surface area contributed by atoms with Gasteiger partial charge in [-0.25, -0.2) is 4.98 Å². The number of H-pyrrole nitrogens is 1. The van der Waals surface area contributed by atoms with E-state index in [-0.39, 0.29) is 18.2 Å². The molecule has 3 aromatic carbocycles. The average Bonchev–Trinajstić information content (AvgIpc) is 3.43. The number of piperidine rings is 1. The van der Waals surface area contributed by atoms with Gasteiger partial charge in [-0.3, -0.25) is 19.7 Å². The molecule has 36 heavy (non-hydrogen) atoms. The Bertz CT molecular complexity index is 1500. The monoisotopic (exact) mass is 481 g/mol. The van der Waals surface area contributed by atoms with Crippen LogP contribution in [0.25, 0.3) is 11.0 Å². The molecule has 0 saturated carbocycles. The number of nitrogens with one attached hydrogen (secondary N) is 3. The summed E-state index contributed by atoms with van der Waals surface area (Å²) in [7, 11) is 0. The number of anilines is 1. The van der Waals surface area contributed by atoms with Gasteiger partial charge in [-0.15, -0.1) is 0 Å². The second-order valence-electron chi connectivity index (χ2n) is 8.92. The van der Waals surface area contributed by atoms with Crippen LogP contribution in [0.1, 0.15) is 34.3 Å². The van der Waals surface area contributed by atoms with Crippen molar-refractivity contribution in [1.82, 2.24) is 20.2 Å². The lowest BCUT2D eigenvalue weighted by Gasteiger charge is -2.29. The van der Waals surface area contributed by atoms with Crippen molar-refractivity contribution in [2.24, 2.45) is 0 Å². The van der Waals surface area contributed by atoms with E-state index in [0.29, 0.717) is 36.8 Å². The van der Waals surface area contributed by atoms with Gasteiger partial charge in [0, 0.05) is 31.1 Å². The summed E-state index contributed by atoms with van der Waals surface area (Å²) in [5, 5.41) is 5.63. The summed E-state index contributed by atoms with van der Waals surface area (Å²) in [5.74, 6) is 1.23. The maximum atomic E-state index is 12.9. The number of fused-ring (bicyclic) bond motifs is 2. The van der Waals surface area contributed by atoms with Crippen LogP contribution in [0, 0.1) is 0 Å². The molecule has 9 heteroatoms. The van der Waals surface area contributed by atoms with Crippen LogP contribution >= 0.6 is 0 Å². The Balaban J connectivity index is 1.13. The van der Waals surface area contributed by atoms with Crippen molar-refractivity contribution in [1.29, 1.82) is 0 Å². The predicted octanol–water partition coefficient (Wildman–Crippen LogP) is 3.73. The number of hydrogen-bond donors (Lipinski definition) is 3. The van der Waals surface area contributed by atoms with E-state index in [1.54, 1.807) is 11.0 Å². The molecule has 180 valence electrons. The number of hydrogen-bond acceptors (Lipinski definition) is 6. The van der Waals surface area contributed by atoms with Crippen molar-refractivity contribution in [2.45, 2.75) is 32.0 Å². The molecule has 6 rings (SSSR count). The van der Waals surface area contributed by atoms with Crippen LogP contribution in [0.15, 0.2) is 66.7 Å². The number of imidazole rings is 1. The zero-order valence-electron chi connectivity index (χ0n) is 19.3. The lowest BCUT2D eigenvalue weighted by atomic mass is 10.0. The predicted molar refractivity (Wildman–Crippen MR) is 132 cm³/mol. The molecule has 0 bridgehead atoms. The van der Waals surface area contributed by atoms with Gasteiger partial charge in [0.05, 0.1) is 11.0 Å². The highest BCUT2D eigenvalue weighted by Gasteiger charge is 2.39. The third kappa shape index (κ3) is 4.15. The number of para-hydroxylation sites is 1. The fourth-order valence-electron chi connectivity index (χ4n) is 4.68. The van der Waals surface area contributed by atoms with Crippen LogP contribution in [0.3, 0.4) is 0 Å². The largest absolute Gasteiger partial charge is 0.457 e. The van der Waals surface area contributed by atoms with Gasteiger partial charge in [0.15, 0.2) is 0 Å². The Morgan fingerprint density at radius 3 is 2.69 bits per heavy atom. The van der Waals surface area contributed by atoms with Gasteiger partial charge in [0.25, 0.3) is 5.91 Å². The molecule has 3 N–H and O–H groups in total. The Kier molecular flexibility index (Phi) is 5.37. The molecule has 1 fully saturated rings. The lowest BCUT2D eigenvalue weighted by molar-refractivity contribution is -0.136. The van der Waals surface area contributed by atoms with Crippen LogP contribution in [-0.4, -0.2) is 38.6 Å². The number of aromatic nitrogens is 2. The zero-order valence-corrected chi connectivity index (χ0v) is 19.3. The van der Waals surface area contributed by atoms with Gasteiger partial charge in [-0.05, 0) is 47.9 Å². The number of carbonyl (C=O) groups is 3. The Morgan fingerprint density at radius 2 is 1.86 bits per heavy atom. The van der Waals surface area contributed by atoms with E-state index in [4.69, 9.17) is 4.74 Å². The molecule has 3 amide bonds. The summed E-state index contributed by atoms with van der Waals surface area (Å²) in [6.07, 6.45) is 0.589. The first-order valence-electron chi connectivity index (χ1n) is 11.8. The highest BCUT2D eigenvalue weighted by molar-refractivity contribution is 6.05. The first kappa shape index (κ1) is 21.8. The number of amides is 3. The molecule has 1 atom stereocenters. The third-order valence-corrected chi connectivity index (χ3v) is 6.48. The van der Waals surface area contributed by atoms with E-state index in [2.05, 4.69) is 20.6 Å². The summed E-state index contributed by atoms with van der Waals surface area (Å²) in [5.41, 5.74) is 4.12. The average molecular weight is 482 g/mol. The standard InChI is InChI=1S/C27H23N5O4/c33-24-11-10-23(25(34)31-24)32-15-17-12-16(6-8-20(17)26(32)35)14-28-27-29-21-9-7-19(13-22(21)30-27)36-18-4-2-1-3-5-18/h1-9,12-13,23H,10-11,14-15H2,(H2,28,29,30)(H,31,33,34). The van der Waals surface area contributed by atoms with E-state index in [1.807, 2.05) is 60.7 Å². The molecule has 3 heterocycles. The van der Waals surface area contributed by atoms with E-state index in [9.17, 15) is 14.4 Å². The Hall–Kier alpha value is -4.66. The molecular weight excluding hydrogens is 458 g/mol. The molecule has 1 aromatic heterocycles. The van der Waals surface area contributed by atoms with Crippen LogP contribution in [0.5, 0.6) is 11.5 Å². The maximum Gasteiger partial charge on any atom is 0.255 e. The minimum atomic E-state index is -0.615. The summed E-state index contributed by atoms with van der Waals surface area (Å²) in [4.78, 5) is 46.0. The van der Waals surface area contributed by atoms with Gasteiger partial charge < -0.3 is 19.9 Å². The molecule has 9 nitrogen and oxygen atoms in total. The zero-order chi connectivity index (χ0) is 24.6. The number of nitrogens with zero attached hydrogens (tertiary/aromatic N) is 2. The van der Waals surface area contributed by atoms with Gasteiger partial charge in [0.1, 0.15) is 17.5 Å². The van der Waals surface area contributed by atoms with Crippen LogP contribution in [-0.2, 0) is 22.7 Å². The second-order valence-corrected chi connectivity index (χ2v) is 8.92. The summed E-state index contributed by atoms with van der Waals surface area (Å²) >= 11 is 0. The van der Waals surface area contributed by atoms with Crippen molar-refractivity contribution in [3.8, 4) is 11.5 Å². The lowest BCUT2D eigenvalue weighted by Crippen LogP contribution is -2.52. The third-order valence-electron chi connectivity index (χ3n) is 6.48. The van der Waals surface area contributed by atoms with Crippen LogP contribution in [0.4, 0.5) is 5.95 Å². The SMILES string of the molecule is O=C1CCC(N2Cc3cc(CNc4nc5ccc(Oc6ccccc6)cc5[nH]4)ccc3C2=O)C(=O)N1. The first-order chi connectivity index (χ1) is 17.5. The molecule has 0 radical (unpaired) electrons. The van der Waals surface area contributed by atoms with Crippen molar-refractivity contribution in [3.63, 3.8) is 0 Å². The van der Waals surface area contributed by atoms with Gasteiger partial charge >= 0.3 is 0 Å². The fourth-order valence-corrected chi connectivity index (χ4v) is 4.68. The van der Waals surface area contributed by atoms with Crippen molar-refractivity contribution in [3.05, 3.63) is 83.4 Å². The van der Waals surface area contributed by atoms with E-state index >= 15 is 0 Å². The summed E-state index contributed by atoms with van der Waals surface area (Å²) < 4.78 is 5.90. The van der Waals surface area contributed by atoms with Crippen LogP contribution in [0.2, 0.25) is 0 Å². The second kappa shape index (κ2) is 8.84. The van der Waals surface area contributed by atoms with E-state index in [1.165, 1.54) is 0 Å². The maximum absolute atomic E-state index is 12.9. The molecule has 1 unspecified atom stereocenters. The molecule has 2 aliphatic heterocycles. The fraction of sp³-hybridized carbons (Fsp3) is 0.185. The number of imide groups is 1. The number of benzene rings is 3. The Labute approximate surface area is 206 Å². The van der Waals surface area contributed by atoms with E-state index in [0.717, 1.165) is 27.9 Å². The Morgan fingerprint density at radius 1 is 1.00 bits per heavy atom. The minimum Gasteiger partial charge on any atom is -0.457 e. The number of rotatable bonds is 6. The molecule has 4 aromatic rings.